The number of rotatable bonds is 5. The second-order valence-electron chi connectivity index (χ2n) is 2.36. The molecule has 3 nitrogen and oxygen atoms in total. The monoisotopic (exact) mass is 181 g/mol. The van der Waals surface area contributed by atoms with Gasteiger partial charge in [0.1, 0.15) is 0 Å². The van der Waals surface area contributed by atoms with Crippen LogP contribution in [-0.4, -0.2) is 29.6 Å². The Labute approximate surface area is 96.4 Å². The minimum Gasteiger partial charge on any atom is -0.629 e. The largest absolute Gasteiger partial charge is 1.00 e. The Kier molecular flexibility index (Phi) is 11.6. The molecule has 0 amide bonds. The molecule has 0 rings (SSSR count). The first-order valence-electron chi connectivity index (χ1n) is 3.99. The van der Waals surface area contributed by atoms with Crippen LogP contribution in [0.3, 0.4) is 0 Å². The predicted molar refractivity (Wildman–Crippen MR) is 43.1 cm³/mol. The van der Waals surface area contributed by atoms with E-state index in [2.05, 4.69) is 18.7 Å². The molecule has 0 spiro atoms. The maximum Gasteiger partial charge on any atom is 1.00 e. The molecule has 12 heavy (non-hydrogen) atoms. The van der Waals surface area contributed by atoms with E-state index < -0.39 is 5.95 Å². The Morgan fingerprint density at radius 1 is 1.42 bits per heavy atom. The summed E-state index contributed by atoms with van der Waals surface area (Å²) in [5.74, 6) is -0.822. The van der Waals surface area contributed by atoms with Gasteiger partial charge >= 0.3 is 29.6 Å². The van der Waals surface area contributed by atoms with E-state index in [9.17, 15) is 5.11 Å². The number of hydrogen-bond donors (Lipinski definition) is 1. The fraction of sp³-hybridized carbons (Fsp3) is 0.750. The van der Waals surface area contributed by atoms with Crippen LogP contribution in [0.25, 0.3) is 0 Å². The molecule has 0 fully saturated rings. The fourth-order valence-electron chi connectivity index (χ4n) is 0.910. The van der Waals surface area contributed by atoms with Gasteiger partial charge in [-0.15, -0.1) is 0 Å². The molecule has 0 aromatic heterocycles. The molecular formula is C8H16NNaO2. The average molecular weight is 181 g/mol. The van der Waals surface area contributed by atoms with Crippen LogP contribution in [0.5, 0.6) is 0 Å². The van der Waals surface area contributed by atoms with Gasteiger partial charge in [0, 0.05) is 12.5 Å². The molecule has 0 heterocycles. The quantitative estimate of drug-likeness (QED) is 0.376. The van der Waals surface area contributed by atoms with Crippen molar-refractivity contribution < 1.29 is 39.8 Å². The SMILES string of the molecule is CCN(CC)CC/C=C(\[O-])O.[Na+]. The third kappa shape index (κ3) is 8.40. The Bertz CT molecular complexity index is 120. The molecule has 0 radical (unpaired) electrons. The second kappa shape index (κ2) is 9.39. The van der Waals surface area contributed by atoms with E-state index in [0.717, 1.165) is 19.6 Å². The number of hydrogen-bond acceptors (Lipinski definition) is 3. The molecule has 0 saturated carbocycles. The van der Waals surface area contributed by atoms with E-state index in [1.807, 2.05) is 0 Å². The van der Waals surface area contributed by atoms with Crippen molar-refractivity contribution in [2.45, 2.75) is 20.3 Å². The number of aliphatic hydroxyl groups is 1. The summed E-state index contributed by atoms with van der Waals surface area (Å²) in [4.78, 5) is 2.19. The van der Waals surface area contributed by atoms with E-state index in [0.29, 0.717) is 6.42 Å². The van der Waals surface area contributed by atoms with Crippen LogP contribution >= 0.6 is 0 Å². The molecule has 0 aliphatic rings. The van der Waals surface area contributed by atoms with Crippen LogP contribution in [-0.2, 0) is 0 Å². The van der Waals surface area contributed by atoms with Gasteiger partial charge in [-0.2, -0.15) is 0 Å². The van der Waals surface area contributed by atoms with E-state index >= 15 is 0 Å². The maximum atomic E-state index is 10.1. The Balaban J connectivity index is 0. The standard InChI is InChI=1S/C8H17NO2.Na/c1-3-9(4-2)7-5-6-8(10)11;/h6,10-11H,3-5,7H2,1-2H3;/q;+1/p-1. The number of nitrogens with zero attached hydrogens (tertiary/aromatic N) is 1. The molecular weight excluding hydrogens is 165 g/mol. The first-order chi connectivity index (χ1) is 5.20. The molecule has 0 saturated heterocycles. The van der Waals surface area contributed by atoms with Gasteiger partial charge in [0.25, 0.3) is 0 Å². The number of aliphatic hydroxyl groups excluding tert-OH is 1. The van der Waals surface area contributed by atoms with Crippen molar-refractivity contribution in [1.82, 2.24) is 4.90 Å². The van der Waals surface area contributed by atoms with Crippen LogP contribution in [0.15, 0.2) is 12.0 Å². The summed E-state index contributed by atoms with van der Waals surface area (Å²) in [6.07, 6.45) is 1.94. The molecule has 0 aliphatic carbocycles. The fourth-order valence-corrected chi connectivity index (χ4v) is 0.910. The van der Waals surface area contributed by atoms with Crippen LogP contribution < -0.4 is 34.7 Å². The zero-order chi connectivity index (χ0) is 8.69. The van der Waals surface area contributed by atoms with Crippen LogP contribution in [0.4, 0.5) is 0 Å². The van der Waals surface area contributed by atoms with Gasteiger partial charge in [-0.1, -0.05) is 19.9 Å². The molecule has 66 valence electrons. The first kappa shape index (κ1) is 14.8. The van der Waals surface area contributed by atoms with Crippen molar-refractivity contribution in [2.75, 3.05) is 19.6 Å². The van der Waals surface area contributed by atoms with Crippen molar-refractivity contribution in [2.24, 2.45) is 0 Å². The van der Waals surface area contributed by atoms with Crippen molar-refractivity contribution >= 4 is 0 Å². The Morgan fingerprint density at radius 3 is 2.25 bits per heavy atom. The van der Waals surface area contributed by atoms with Gasteiger partial charge in [-0.25, -0.2) is 0 Å². The zero-order valence-corrected chi connectivity index (χ0v) is 10.2. The van der Waals surface area contributed by atoms with Gasteiger partial charge in [-0.3, -0.25) is 0 Å². The predicted octanol–water partition coefficient (Wildman–Crippen LogP) is -2.52. The molecule has 0 aliphatic heterocycles. The second-order valence-corrected chi connectivity index (χ2v) is 2.36. The van der Waals surface area contributed by atoms with Crippen LogP contribution in [0.1, 0.15) is 20.3 Å². The van der Waals surface area contributed by atoms with Crippen molar-refractivity contribution in [3.05, 3.63) is 12.0 Å². The normalized spacial score (nSPS) is 11.4. The molecule has 1 N–H and O–H groups in total. The summed E-state index contributed by atoms with van der Waals surface area (Å²) in [5, 5.41) is 18.4. The Hall–Kier alpha value is 0.300. The van der Waals surface area contributed by atoms with E-state index in [1.54, 1.807) is 0 Å². The van der Waals surface area contributed by atoms with Crippen molar-refractivity contribution in [1.29, 1.82) is 0 Å². The minimum atomic E-state index is -0.822. The van der Waals surface area contributed by atoms with Gasteiger partial charge in [0.2, 0.25) is 0 Å². The molecule has 0 unspecified atom stereocenters. The summed E-state index contributed by atoms with van der Waals surface area (Å²) in [7, 11) is 0. The summed E-state index contributed by atoms with van der Waals surface area (Å²) in [5.41, 5.74) is 0. The third-order valence-electron chi connectivity index (χ3n) is 1.66. The van der Waals surface area contributed by atoms with E-state index in [-0.39, 0.29) is 29.6 Å². The van der Waals surface area contributed by atoms with Crippen molar-refractivity contribution in [3.63, 3.8) is 0 Å². The van der Waals surface area contributed by atoms with Gasteiger partial charge in [-0.05, 0) is 19.5 Å². The van der Waals surface area contributed by atoms with Crippen molar-refractivity contribution in [3.8, 4) is 0 Å². The van der Waals surface area contributed by atoms with Crippen LogP contribution in [0, 0.1) is 0 Å². The molecule has 0 atom stereocenters. The minimum absolute atomic E-state index is 0. The molecule has 0 bridgehead atoms. The molecule has 0 aromatic rings. The van der Waals surface area contributed by atoms with Gasteiger partial charge in [0.05, 0.1) is 0 Å². The van der Waals surface area contributed by atoms with Crippen LogP contribution in [0.2, 0.25) is 0 Å². The topological polar surface area (TPSA) is 46.5 Å². The van der Waals surface area contributed by atoms with E-state index in [1.165, 1.54) is 6.08 Å². The third-order valence-corrected chi connectivity index (χ3v) is 1.66. The maximum absolute atomic E-state index is 10.1. The summed E-state index contributed by atoms with van der Waals surface area (Å²) < 4.78 is 0. The molecule has 4 heteroatoms. The summed E-state index contributed by atoms with van der Waals surface area (Å²) in [6.45, 7) is 6.97. The smallest absolute Gasteiger partial charge is 0.629 e. The van der Waals surface area contributed by atoms with E-state index in [4.69, 9.17) is 5.11 Å². The molecule has 0 aromatic carbocycles. The summed E-state index contributed by atoms with van der Waals surface area (Å²) in [6, 6.07) is 0. The zero-order valence-electron chi connectivity index (χ0n) is 8.21. The first-order valence-corrected chi connectivity index (χ1v) is 3.99. The summed E-state index contributed by atoms with van der Waals surface area (Å²) >= 11 is 0. The Morgan fingerprint density at radius 2 is 1.92 bits per heavy atom. The average Bonchev–Trinajstić information content (AvgIpc) is 1.98. The van der Waals surface area contributed by atoms with Gasteiger partial charge < -0.3 is 15.1 Å². The van der Waals surface area contributed by atoms with Gasteiger partial charge in [0.15, 0.2) is 0 Å².